The molecule has 17 heavy (non-hydrogen) atoms. The maximum absolute atomic E-state index is 5.79. The Morgan fingerprint density at radius 2 is 2.06 bits per heavy atom. The third kappa shape index (κ3) is 2.36. The van der Waals surface area contributed by atoms with Crippen LogP contribution in [0.1, 0.15) is 22.5 Å². The van der Waals surface area contributed by atoms with Crippen LogP contribution in [0, 0.1) is 13.8 Å². The van der Waals surface area contributed by atoms with Crippen LogP contribution in [-0.2, 0) is 13.5 Å². The number of nitrogens with two attached hydrogens (primary N) is 1. The van der Waals surface area contributed by atoms with Gasteiger partial charge in [-0.1, -0.05) is 28.1 Å². The SMILES string of the molecule is Cc1cc(Cc2nc(N)n(C)c2C)ccc1Br. The summed E-state index contributed by atoms with van der Waals surface area (Å²) < 4.78 is 3.06. The van der Waals surface area contributed by atoms with Crippen molar-refractivity contribution < 1.29 is 0 Å². The van der Waals surface area contributed by atoms with Gasteiger partial charge in [0.05, 0.1) is 5.69 Å². The third-order valence-corrected chi connectivity index (χ3v) is 4.00. The molecule has 0 aliphatic carbocycles. The quantitative estimate of drug-likeness (QED) is 0.925. The van der Waals surface area contributed by atoms with E-state index in [0.29, 0.717) is 5.95 Å². The molecule has 0 saturated heterocycles. The number of benzene rings is 1. The van der Waals surface area contributed by atoms with Crippen LogP contribution in [0.5, 0.6) is 0 Å². The van der Waals surface area contributed by atoms with Crippen LogP contribution in [0.4, 0.5) is 5.95 Å². The van der Waals surface area contributed by atoms with E-state index >= 15 is 0 Å². The van der Waals surface area contributed by atoms with Crippen molar-refractivity contribution in [1.82, 2.24) is 9.55 Å². The van der Waals surface area contributed by atoms with Crippen molar-refractivity contribution in [3.63, 3.8) is 0 Å². The summed E-state index contributed by atoms with van der Waals surface area (Å²) in [4.78, 5) is 4.39. The smallest absolute Gasteiger partial charge is 0.200 e. The summed E-state index contributed by atoms with van der Waals surface area (Å²) in [6, 6.07) is 6.36. The van der Waals surface area contributed by atoms with Crippen molar-refractivity contribution >= 4 is 21.9 Å². The number of imidazole rings is 1. The lowest BCUT2D eigenvalue weighted by molar-refractivity contribution is 0.881. The van der Waals surface area contributed by atoms with Gasteiger partial charge >= 0.3 is 0 Å². The lowest BCUT2D eigenvalue weighted by Crippen LogP contribution is -1.98. The zero-order chi connectivity index (χ0) is 12.6. The molecule has 1 heterocycles. The molecule has 0 aliphatic rings. The topological polar surface area (TPSA) is 43.8 Å². The fourth-order valence-corrected chi connectivity index (χ4v) is 2.08. The minimum Gasteiger partial charge on any atom is -0.369 e. The Labute approximate surface area is 110 Å². The van der Waals surface area contributed by atoms with Crippen LogP contribution >= 0.6 is 15.9 Å². The summed E-state index contributed by atoms with van der Waals surface area (Å²) in [7, 11) is 1.94. The minimum absolute atomic E-state index is 0.575. The van der Waals surface area contributed by atoms with Gasteiger partial charge in [-0.15, -0.1) is 0 Å². The summed E-state index contributed by atoms with van der Waals surface area (Å²) in [5, 5.41) is 0. The van der Waals surface area contributed by atoms with Gasteiger partial charge in [-0.05, 0) is 31.0 Å². The van der Waals surface area contributed by atoms with Crippen LogP contribution in [0.3, 0.4) is 0 Å². The number of rotatable bonds is 2. The van der Waals surface area contributed by atoms with Gasteiger partial charge in [-0.2, -0.15) is 0 Å². The number of aryl methyl sites for hydroxylation is 1. The lowest BCUT2D eigenvalue weighted by atomic mass is 10.1. The summed E-state index contributed by atoms with van der Waals surface area (Å²) in [6.45, 7) is 4.14. The molecule has 0 amide bonds. The highest BCUT2D eigenvalue weighted by molar-refractivity contribution is 9.10. The van der Waals surface area contributed by atoms with Gasteiger partial charge in [0.15, 0.2) is 5.95 Å². The Kier molecular flexibility index (Phi) is 3.24. The second-order valence-corrected chi connectivity index (χ2v) is 5.18. The van der Waals surface area contributed by atoms with Crippen molar-refractivity contribution in [2.24, 2.45) is 7.05 Å². The van der Waals surface area contributed by atoms with Crippen molar-refractivity contribution in [3.8, 4) is 0 Å². The largest absolute Gasteiger partial charge is 0.369 e. The average Bonchev–Trinajstić information content (AvgIpc) is 2.52. The molecule has 2 rings (SSSR count). The Morgan fingerprint density at radius 3 is 2.59 bits per heavy atom. The van der Waals surface area contributed by atoms with Gasteiger partial charge in [0.2, 0.25) is 0 Å². The number of nitrogens with zero attached hydrogens (tertiary/aromatic N) is 2. The van der Waals surface area contributed by atoms with E-state index in [4.69, 9.17) is 5.73 Å². The van der Waals surface area contributed by atoms with E-state index in [1.165, 1.54) is 11.1 Å². The van der Waals surface area contributed by atoms with E-state index < -0.39 is 0 Å². The molecule has 2 aromatic rings. The van der Waals surface area contributed by atoms with Crippen LogP contribution in [0.25, 0.3) is 0 Å². The molecule has 4 heteroatoms. The molecule has 1 aromatic heterocycles. The van der Waals surface area contributed by atoms with Crippen LogP contribution in [-0.4, -0.2) is 9.55 Å². The maximum atomic E-state index is 5.79. The third-order valence-electron chi connectivity index (χ3n) is 3.11. The standard InChI is InChI=1S/C13H16BrN3/c1-8-6-10(4-5-11(8)14)7-12-9(2)17(3)13(15)16-12/h4-6H,7H2,1-3H3,(H2,15,16). The van der Waals surface area contributed by atoms with E-state index in [0.717, 1.165) is 22.3 Å². The zero-order valence-corrected chi connectivity index (χ0v) is 11.9. The fourth-order valence-electron chi connectivity index (χ4n) is 1.84. The van der Waals surface area contributed by atoms with Gasteiger partial charge in [0.25, 0.3) is 0 Å². The van der Waals surface area contributed by atoms with Gasteiger partial charge in [0.1, 0.15) is 0 Å². The number of hydrogen-bond donors (Lipinski definition) is 1. The van der Waals surface area contributed by atoms with E-state index in [1.807, 2.05) is 18.5 Å². The molecule has 1 aromatic carbocycles. The lowest BCUT2D eigenvalue weighted by Gasteiger charge is -2.04. The predicted octanol–water partition coefficient (Wildman–Crippen LogP) is 2.97. The first-order valence-electron chi connectivity index (χ1n) is 5.51. The molecule has 0 bridgehead atoms. The molecule has 0 aliphatic heterocycles. The number of aromatic nitrogens is 2. The fraction of sp³-hybridized carbons (Fsp3) is 0.308. The van der Waals surface area contributed by atoms with E-state index in [1.54, 1.807) is 0 Å². The van der Waals surface area contributed by atoms with E-state index in [-0.39, 0.29) is 0 Å². The Hall–Kier alpha value is -1.29. The highest BCUT2D eigenvalue weighted by Crippen LogP contribution is 2.20. The normalized spacial score (nSPS) is 10.8. The maximum Gasteiger partial charge on any atom is 0.200 e. The van der Waals surface area contributed by atoms with Gasteiger partial charge in [0, 0.05) is 23.6 Å². The van der Waals surface area contributed by atoms with Crippen molar-refractivity contribution in [3.05, 3.63) is 45.2 Å². The molecule has 0 fully saturated rings. The van der Waals surface area contributed by atoms with Crippen LogP contribution in [0.2, 0.25) is 0 Å². The van der Waals surface area contributed by atoms with Crippen molar-refractivity contribution in [2.75, 3.05) is 5.73 Å². The Morgan fingerprint density at radius 1 is 1.35 bits per heavy atom. The average molecular weight is 294 g/mol. The summed E-state index contributed by atoms with van der Waals surface area (Å²) in [6.07, 6.45) is 0.824. The van der Waals surface area contributed by atoms with Crippen LogP contribution < -0.4 is 5.73 Å². The van der Waals surface area contributed by atoms with Gasteiger partial charge in [-0.25, -0.2) is 4.98 Å². The molecule has 0 atom stereocenters. The second kappa shape index (κ2) is 4.53. The first-order valence-corrected chi connectivity index (χ1v) is 6.31. The molecule has 90 valence electrons. The number of anilines is 1. The zero-order valence-electron chi connectivity index (χ0n) is 10.3. The number of nitrogen functional groups attached to an aromatic ring is 1. The summed E-state index contributed by atoms with van der Waals surface area (Å²) >= 11 is 3.51. The monoisotopic (exact) mass is 293 g/mol. The minimum atomic E-state index is 0.575. The van der Waals surface area contributed by atoms with Crippen LogP contribution in [0.15, 0.2) is 22.7 Å². The molecule has 3 nitrogen and oxygen atoms in total. The molecule has 0 spiro atoms. The molecule has 0 saturated carbocycles. The molecular formula is C13H16BrN3. The second-order valence-electron chi connectivity index (χ2n) is 4.32. The Bertz CT molecular complexity index is 558. The first kappa shape index (κ1) is 12.2. The number of halogens is 1. The van der Waals surface area contributed by atoms with E-state index in [2.05, 4.69) is 46.0 Å². The summed E-state index contributed by atoms with van der Waals surface area (Å²) in [5.74, 6) is 0.575. The Balaban J connectivity index is 2.31. The molecule has 0 radical (unpaired) electrons. The van der Waals surface area contributed by atoms with Crippen molar-refractivity contribution in [2.45, 2.75) is 20.3 Å². The molecule has 2 N–H and O–H groups in total. The first-order chi connectivity index (χ1) is 7.99. The van der Waals surface area contributed by atoms with Gasteiger partial charge < -0.3 is 10.3 Å². The van der Waals surface area contributed by atoms with Gasteiger partial charge in [-0.3, -0.25) is 0 Å². The highest BCUT2D eigenvalue weighted by Gasteiger charge is 2.09. The predicted molar refractivity (Wildman–Crippen MR) is 74.0 cm³/mol. The number of hydrogen-bond acceptors (Lipinski definition) is 2. The molecule has 0 unspecified atom stereocenters. The highest BCUT2D eigenvalue weighted by atomic mass is 79.9. The van der Waals surface area contributed by atoms with Crippen molar-refractivity contribution in [1.29, 1.82) is 0 Å². The summed E-state index contributed by atoms with van der Waals surface area (Å²) in [5.41, 5.74) is 10.5. The molecular weight excluding hydrogens is 278 g/mol. The van der Waals surface area contributed by atoms with E-state index in [9.17, 15) is 0 Å².